The van der Waals surface area contributed by atoms with Crippen molar-refractivity contribution in [1.29, 1.82) is 0 Å². The smallest absolute Gasteiger partial charge is 0.323 e. The molecule has 0 bridgehead atoms. The van der Waals surface area contributed by atoms with Crippen molar-refractivity contribution in [3.05, 3.63) is 100.0 Å². The second kappa shape index (κ2) is 9.41. The summed E-state index contributed by atoms with van der Waals surface area (Å²) in [7, 11) is -3.78. The maximum atomic E-state index is 12.8. The van der Waals surface area contributed by atoms with Crippen molar-refractivity contribution >= 4 is 21.7 Å². The summed E-state index contributed by atoms with van der Waals surface area (Å²) >= 11 is 0. The first kappa shape index (κ1) is 21.3. The highest BCUT2D eigenvalue weighted by Gasteiger charge is 2.17. The van der Waals surface area contributed by atoms with Crippen LogP contribution in [0.15, 0.2) is 77.6 Å². The average Bonchev–Trinajstić information content (AvgIpc) is 2.72. The van der Waals surface area contributed by atoms with Gasteiger partial charge in [-0.1, -0.05) is 60.7 Å². The van der Waals surface area contributed by atoms with E-state index < -0.39 is 28.1 Å². The minimum Gasteiger partial charge on any atom is -0.480 e. The fourth-order valence-corrected chi connectivity index (χ4v) is 4.17. The van der Waals surface area contributed by atoms with E-state index in [1.54, 1.807) is 6.07 Å². The molecule has 1 aromatic heterocycles. The van der Waals surface area contributed by atoms with Crippen LogP contribution in [0.1, 0.15) is 16.8 Å². The van der Waals surface area contributed by atoms with E-state index >= 15 is 0 Å². The molecular weight excluding hydrogens is 404 g/mol. The molecule has 8 heteroatoms. The summed E-state index contributed by atoms with van der Waals surface area (Å²) in [6.45, 7) is -0.555. The molecule has 2 N–H and O–H groups in total. The zero-order valence-electron chi connectivity index (χ0n) is 16.2. The number of pyridine rings is 1. The van der Waals surface area contributed by atoms with E-state index in [4.69, 9.17) is 0 Å². The van der Waals surface area contributed by atoms with Crippen molar-refractivity contribution < 1.29 is 18.3 Å². The normalized spacial score (nSPS) is 11.2. The van der Waals surface area contributed by atoms with Crippen LogP contribution in [-0.4, -0.2) is 29.8 Å². The lowest BCUT2D eigenvalue weighted by atomic mass is 10.1. The Labute approximate surface area is 174 Å². The molecule has 3 aromatic rings. The first-order valence-electron chi connectivity index (χ1n) is 9.37. The van der Waals surface area contributed by atoms with Gasteiger partial charge in [-0.2, -0.15) is 0 Å². The van der Waals surface area contributed by atoms with Crippen LogP contribution in [0.3, 0.4) is 0 Å². The highest BCUT2D eigenvalue weighted by atomic mass is 32.2. The maximum Gasteiger partial charge on any atom is 0.323 e. The summed E-state index contributed by atoms with van der Waals surface area (Å²) in [5.74, 6) is -1.38. The minimum atomic E-state index is -3.78. The van der Waals surface area contributed by atoms with Gasteiger partial charge in [0.2, 0.25) is 10.0 Å². The van der Waals surface area contributed by atoms with Crippen molar-refractivity contribution in [2.75, 3.05) is 10.5 Å². The van der Waals surface area contributed by atoms with Crippen LogP contribution in [-0.2, 0) is 34.2 Å². The van der Waals surface area contributed by atoms with Gasteiger partial charge in [-0.05, 0) is 29.7 Å². The van der Waals surface area contributed by atoms with E-state index in [1.807, 2.05) is 60.7 Å². The Balaban J connectivity index is 1.84. The molecule has 7 nitrogen and oxygen atoms in total. The summed E-state index contributed by atoms with van der Waals surface area (Å²) in [6.07, 6.45) is 0.649. The Morgan fingerprint density at radius 3 is 2.10 bits per heavy atom. The lowest BCUT2D eigenvalue weighted by molar-refractivity contribution is -0.137. The number of carboxylic acids is 1. The van der Waals surface area contributed by atoms with Crippen LogP contribution in [0, 0.1) is 0 Å². The van der Waals surface area contributed by atoms with Gasteiger partial charge >= 0.3 is 5.97 Å². The Kier molecular flexibility index (Phi) is 6.68. The van der Waals surface area contributed by atoms with E-state index in [9.17, 15) is 23.1 Å². The number of hydrogen-bond acceptors (Lipinski definition) is 4. The topological polar surface area (TPSA) is 105 Å². The van der Waals surface area contributed by atoms with Gasteiger partial charge in [-0.25, -0.2) is 8.42 Å². The van der Waals surface area contributed by atoms with Crippen molar-refractivity contribution in [2.24, 2.45) is 0 Å². The Morgan fingerprint density at radius 2 is 1.50 bits per heavy atom. The highest BCUT2D eigenvalue weighted by molar-refractivity contribution is 7.92. The van der Waals surface area contributed by atoms with Crippen molar-refractivity contribution in [2.45, 2.75) is 19.4 Å². The minimum absolute atomic E-state index is 0.166. The Hall–Kier alpha value is -3.39. The molecule has 0 saturated carbocycles. The van der Waals surface area contributed by atoms with Gasteiger partial charge in [0.05, 0.1) is 5.75 Å². The van der Waals surface area contributed by atoms with Crippen molar-refractivity contribution in [1.82, 2.24) is 4.57 Å². The zero-order valence-corrected chi connectivity index (χ0v) is 17.0. The predicted molar refractivity (Wildman–Crippen MR) is 115 cm³/mol. The molecule has 30 heavy (non-hydrogen) atoms. The van der Waals surface area contributed by atoms with Gasteiger partial charge in [-0.15, -0.1) is 0 Å². The molecule has 0 saturated heterocycles. The molecule has 0 unspecified atom stereocenters. The predicted octanol–water partition coefficient (Wildman–Crippen LogP) is 2.51. The number of nitrogens with one attached hydrogen (secondary N) is 1. The molecule has 2 aromatic carbocycles. The number of nitrogens with zero attached hydrogens (tertiary/aromatic N) is 1. The average molecular weight is 426 g/mol. The summed E-state index contributed by atoms with van der Waals surface area (Å²) in [6, 6.07) is 21.4. The van der Waals surface area contributed by atoms with E-state index in [0.29, 0.717) is 18.5 Å². The second-order valence-electron chi connectivity index (χ2n) is 6.84. The first-order chi connectivity index (χ1) is 14.3. The lowest BCUT2D eigenvalue weighted by Crippen LogP contribution is -2.31. The highest BCUT2D eigenvalue weighted by Crippen LogP contribution is 2.12. The number of carbonyl (C=O) groups is 1. The van der Waals surface area contributed by atoms with Gasteiger partial charge in [0.25, 0.3) is 5.56 Å². The third-order valence-electron chi connectivity index (χ3n) is 4.55. The van der Waals surface area contributed by atoms with Crippen LogP contribution >= 0.6 is 0 Å². The molecule has 156 valence electrons. The molecule has 0 fully saturated rings. The van der Waals surface area contributed by atoms with Crippen molar-refractivity contribution in [3.8, 4) is 0 Å². The molecule has 0 atom stereocenters. The standard InChI is InChI=1S/C22H22N2O5S/c25-21(26)16-24-19(15-18-9-5-2-6-10-18)11-12-20(22(24)27)23-30(28,29)14-13-17-7-3-1-4-8-17/h1-12,23H,13-16H2,(H,25,26). The Morgan fingerprint density at radius 1 is 0.900 bits per heavy atom. The van der Waals surface area contributed by atoms with Gasteiger partial charge in [-0.3, -0.25) is 18.9 Å². The summed E-state index contributed by atoms with van der Waals surface area (Å²) in [5.41, 5.74) is 1.41. The molecule has 3 rings (SSSR count). The molecule has 0 aliphatic carbocycles. The fraction of sp³-hybridized carbons (Fsp3) is 0.182. The number of anilines is 1. The fourth-order valence-electron chi connectivity index (χ4n) is 3.08. The lowest BCUT2D eigenvalue weighted by Gasteiger charge is -2.14. The van der Waals surface area contributed by atoms with Gasteiger partial charge < -0.3 is 5.11 Å². The molecular formula is C22H22N2O5S. The van der Waals surface area contributed by atoms with Crippen LogP contribution in [0.5, 0.6) is 0 Å². The SMILES string of the molecule is O=C(O)Cn1c(Cc2ccccc2)ccc(NS(=O)(=O)CCc2ccccc2)c1=O. The van der Waals surface area contributed by atoms with Crippen molar-refractivity contribution in [3.63, 3.8) is 0 Å². The third-order valence-corrected chi connectivity index (χ3v) is 5.83. The number of aliphatic carboxylic acids is 1. The molecule has 0 aliphatic heterocycles. The summed E-state index contributed by atoms with van der Waals surface area (Å²) < 4.78 is 28.3. The molecule has 0 amide bonds. The van der Waals surface area contributed by atoms with Gasteiger partial charge in [0, 0.05) is 12.1 Å². The summed E-state index contributed by atoms with van der Waals surface area (Å²) in [5, 5.41) is 9.22. The van der Waals surface area contributed by atoms with Crippen LogP contribution in [0.25, 0.3) is 0 Å². The Bertz CT molecular complexity index is 1170. The molecule has 1 heterocycles. The first-order valence-corrected chi connectivity index (χ1v) is 11.0. The number of carboxylic acid groups (broad SMARTS) is 1. The van der Waals surface area contributed by atoms with Crippen LogP contribution in [0.2, 0.25) is 0 Å². The van der Waals surface area contributed by atoms with E-state index in [0.717, 1.165) is 15.7 Å². The monoisotopic (exact) mass is 426 g/mol. The number of rotatable bonds is 9. The maximum absolute atomic E-state index is 12.8. The second-order valence-corrected chi connectivity index (χ2v) is 8.68. The number of benzene rings is 2. The van der Waals surface area contributed by atoms with Crippen LogP contribution in [0.4, 0.5) is 5.69 Å². The number of hydrogen-bond donors (Lipinski definition) is 2. The van der Waals surface area contributed by atoms with Crippen LogP contribution < -0.4 is 10.3 Å². The van der Waals surface area contributed by atoms with Gasteiger partial charge in [0.15, 0.2) is 0 Å². The van der Waals surface area contributed by atoms with E-state index in [2.05, 4.69) is 4.72 Å². The zero-order chi connectivity index (χ0) is 21.6. The number of aromatic nitrogens is 1. The number of sulfonamides is 1. The van der Waals surface area contributed by atoms with E-state index in [1.165, 1.54) is 6.07 Å². The number of aryl methyl sites for hydroxylation is 1. The largest absolute Gasteiger partial charge is 0.480 e. The summed E-state index contributed by atoms with van der Waals surface area (Å²) in [4.78, 5) is 24.1. The molecule has 0 aliphatic rings. The van der Waals surface area contributed by atoms with Gasteiger partial charge in [0.1, 0.15) is 12.2 Å². The molecule has 0 radical (unpaired) electrons. The third kappa shape index (κ3) is 5.81. The van der Waals surface area contributed by atoms with E-state index in [-0.39, 0.29) is 11.4 Å². The quantitative estimate of drug-likeness (QED) is 0.547. The molecule has 0 spiro atoms.